The highest BCUT2D eigenvalue weighted by Gasteiger charge is 2.34. The number of carbonyl (C=O) groups is 1. The van der Waals surface area contributed by atoms with Crippen LogP contribution in [0.25, 0.3) is 0 Å². The van der Waals surface area contributed by atoms with E-state index in [0.29, 0.717) is 24.7 Å². The number of rotatable bonds is 5. The lowest BCUT2D eigenvalue weighted by molar-refractivity contribution is 0.0767. The Morgan fingerprint density at radius 1 is 1.30 bits per heavy atom. The van der Waals surface area contributed by atoms with Gasteiger partial charge in [-0.2, -0.15) is 13.8 Å². The monoisotopic (exact) mass is 397 g/mol. The van der Waals surface area contributed by atoms with E-state index in [1.165, 1.54) is 23.1 Å². The lowest BCUT2D eigenvalue weighted by Crippen LogP contribution is -2.32. The van der Waals surface area contributed by atoms with Crippen molar-refractivity contribution in [1.82, 2.24) is 14.9 Å². The lowest BCUT2D eigenvalue weighted by Gasteiger charge is -2.18. The van der Waals surface area contributed by atoms with E-state index < -0.39 is 26.4 Å². The minimum Gasteiger partial charge on any atom is -0.472 e. The van der Waals surface area contributed by atoms with Gasteiger partial charge in [0, 0.05) is 25.2 Å². The minimum absolute atomic E-state index is 0.199. The second kappa shape index (κ2) is 7.55. The van der Waals surface area contributed by atoms with Crippen LogP contribution in [-0.2, 0) is 9.84 Å². The summed E-state index contributed by atoms with van der Waals surface area (Å²) < 4.78 is 55.2. The van der Waals surface area contributed by atoms with Gasteiger partial charge in [-0.1, -0.05) is 12.1 Å². The molecule has 1 aliphatic rings. The molecule has 10 heteroatoms. The number of carbonyl (C=O) groups excluding carboxylic acids is 1. The average molecular weight is 397 g/mol. The number of ether oxygens (including phenoxy) is 1. The van der Waals surface area contributed by atoms with Gasteiger partial charge in [0.15, 0.2) is 0 Å². The highest BCUT2D eigenvalue weighted by molar-refractivity contribution is 7.91. The Balaban J connectivity index is 1.76. The third kappa shape index (κ3) is 4.05. The van der Waals surface area contributed by atoms with Crippen LogP contribution in [-0.4, -0.2) is 54.1 Å². The largest absolute Gasteiger partial charge is 0.472 e. The molecule has 7 nitrogen and oxygen atoms in total. The number of amides is 1. The Morgan fingerprint density at radius 2 is 2.04 bits per heavy atom. The Kier molecular flexibility index (Phi) is 5.36. The molecular formula is C17H17F2N3O4S. The van der Waals surface area contributed by atoms with Crippen molar-refractivity contribution in [2.75, 3.05) is 13.1 Å². The van der Waals surface area contributed by atoms with E-state index in [1.54, 1.807) is 19.2 Å². The summed E-state index contributed by atoms with van der Waals surface area (Å²) in [6.45, 7) is 2.24. The van der Waals surface area contributed by atoms with Crippen LogP contribution in [0.2, 0.25) is 0 Å². The number of sulfone groups is 1. The van der Waals surface area contributed by atoms with E-state index in [9.17, 15) is 22.0 Å². The number of hydrogen-bond donors (Lipinski definition) is 0. The molecule has 1 fully saturated rings. The second-order valence-corrected chi connectivity index (χ2v) is 7.91. The molecule has 1 atom stereocenters. The first kappa shape index (κ1) is 19.2. The van der Waals surface area contributed by atoms with Crippen molar-refractivity contribution in [1.29, 1.82) is 0 Å². The maximum absolute atomic E-state index is 12.9. The summed E-state index contributed by atoms with van der Waals surface area (Å²) in [5.74, 6) is -3.30. The first-order chi connectivity index (χ1) is 12.8. The van der Waals surface area contributed by atoms with Crippen LogP contribution in [0.5, 0.6) is 5.88 Å². The summed E-state index contributed by atoms with van der Waals surface area (Å²) >= 11 is 0. The molecule has 27 heavy (non-hydrogen) atoms. The molecule has 0 radical (unpaired) electrons. The second-order valence-electron chi connectivity index (χ2n) is 6.02. The van der Waals surface area contributed by atoms with Crippen LogP contribution in [0, 0.1) is 6.92 Å². The maximum atomic E-state index is 12.9. The topological polar surface area (TPSA) is 89.5 Å². The molecular weight excluding hydrogens is 380 g/mol. The summed E-state index contributed by atoms with van der Waals surface area (Å²) in [6.07, 6.45) is 1.74. The van der Waals surface area contributed by atoms with Crippen molar-refractivity contribution < 1.29 is 26.7 Å². The zero-order chi connectivity index (χ0) is 19.6. The van der Waals surface area contributed by atoms with Crippen LogP contribution >= 0.6 is 0 Å². The Hall–Kier alpha value is -2.62. The Morgan fingerprint density at radius 3 is 2.74 bits per heavy atom. The highest BCUT2D eigenvalue weighted by atomic mass is 32.2. The van der Waals surface area contributed by atoms with Crippen LogP contribution in [0.15, 0.2) is 41.4 Å². The molecule has 2 aromatic rings. The van der Waals surface area contributed by atoms with Gasteiger partial charge < -0.3 is 9.64 Å². The number of nitrogens with zero attached hydrogens (tertiary/aromatic N) is 3. The zero-order valence-corrected chi connectivity index (χ0v) is 15.2. The summed E-state index contributed by atoms with van der Waals surface area (Å²) in [5.41, 5.74) is -0.267. The standard InChI is InChI=1S/C17H17F2N3O4S/c1-11-20-8-6-15(21-11)26-12-7-9-22(10-12)16(23)13-4-2-3-5-14(13)27(24,25)17(18)19/h2-6,8,12,17H,7,9-10H2,1H3. The number of aromatic nitrogens is 2. The van der Waals surface area contributed by atoms with Crippen LogP contribution < -0.4 is 4.74 Å². The molecule has 0 N–H and O–H groups in total. The molecule has 0 aliphatic carbocycles. The molecule has 144 valence electrons. The first-order valence-electron chi connectivity index (χ1n) is 8.15. The fourth-order valence-electron chi connectivity index (χ4n) is 2.84. The fraction of sp³-hybridized carbons (Fsp3) is 0.353. The van der Waals surface area contributed by atoms with Gasteiger partial charge in [0.1, 0.15) is 11.9 Å². The van der Waals surface area contributed by atoms with E-state index in [4.69, 9.17) is 4.74 Å². The summed E-state index contributed by atoms with van der Waals surface area (Å²) in [6, 6.07) is 6.59. The van der Waals surface area contributed by atoms with Crippen molar-refractivity contribution in [3.8, 4) is 5.88 Å². The van der Waals surface area contributed by atoms with Crippen molar-refractivity contribution in [3.05, 3.63) is 47.9 Å². The van der Waals surface area contributed by atoms with Crippen molar-refractivity contribution in [3.63, 3.8) is 0 Å². The molecule has 0 saturated carbocycles. The molecule has 1 aliphatic heterocycles. The van der Waals surface area contributed by atoms with E-state index >= 15 is 0 Å². The summed E-state index contributed by atoms with van der Waals surface area (Å²) in [5, 5.41) is 0. The number of benzene rings is 1. The van der Waals surface area contributed by atoms with Crippen LogP contribution in [0.3, 0.4) is 0 Å². The lowest BCUT2D eigenvalue weighted by atomic mass is 10.2. The molecule has 1 aromatic heterocycles. The third-order valence-electron chi connectivity index (χ3n) is 4.13. The Labute approximate surface area is 154 Å². The number of hydrogen-bond acceptors (Lipinski definition) is 6. The SMILES string of the molecule is Cc1nccc(OC2CCN(C(=O)c3ccccc3S(=O)(=O)C(F)F)C2)n1. The fourth-order valence-corrected chi connectivity index (χ4v) is 3.76. The van der Waals surface area contributed by atoms with Gasteiger partial charge in [0.25, 0.3) is 5.91 Å². The predicted molar refractivity (Wildman–Crippen MR) is 91.3 cm³/mol. The maximum Gasteiger partial charge on any atom is 0.341 e. The third-order valence-corrected chi connectivity index (χ3v) is 5.57. The molecule has 1 aromatic carbocycles. The number of halogens is 2. The molecule has 3 rings (SSSR count). The molecule has 1 unspecified atom stereocenters. The van der Waals surface area contributed by atoms with Gasteiger partial charge in [-0.05, 0) is 19.1 Å². The van der Waals surface area contributed by atoms with E-state index in [0.717, 1.165) is 6.07 Å². The van der Waals surface area contributed by atoms with Gasteiger partial charge >= 0.3 is 5.76 Å². The van der Waals surface area contributed by atoms with Gasteiger partial charge in [0.2, 0.25) is 15.7 Å². The van der Waals surface area contributed by atoms with Crippen LogP contribution in [0.4, 0.5) is 8.78 Å². The zero-order valence-electron chi connectivity index (χ0n) is 14.4. The first-order valence-corrected chi connectivity index (χ1v) is 9.70. The quantitative estimate of drug-likeness (QED) is 0.767. The molecule has 0 bridgehead atoms. The molecule has 2 heterocycles. The average Bonchev–Trinajstić information content (AvgIpc) is 3.09. The number of likely N-dealkylation sites (tertiary alicyclic amines) is 1. The number of alkyl halides is 2. The number of aryl methyl sites for hydroxylation is 1. The molecule has 0 spiro atoms. The smallest absolute Gasteiger partial charge is 0.341 e. The molecule has 1 saturated heterocycles. The summed E-state index contributed by atoms with van der Waals surface area (Å²) in [4.78, 5) is 21.5. The summed E-state index contributed by atoms with van der Waals surface area (Å²) in [7, 11) is -4.88. The Bertz CT molecular complexity index is 953. The predicted octanol–water partition coefficient (Wildman–Crippen LogP) is 2.07. The normalized spacial score (nSPS) is 17.3. The van der Waals surface area contributed by atoms with E-state index in [1.807, 2.05) is 0 Å². The van der Waals surface area contributed by atoms with Crippen molar-refractivity contribution >= 4 is 15.7 Å². The van der Waals surface area contributed by atoms with E-state index in [2.05, 4.69) is 9.97 Å². The van der Waals surface area contributed by atoms with Gasteiger partial charge in [0.05, 0.1) is 17.0 Å². The van der Waals surface area contributed by atoms with Crippen molar-refractivity contribution in [2.45, 2.75) is 30.1 Å². The van der Waals surface area contributed by atoms with E-state index in [-0.39, 0.29) is 18.2 Å². The highest BCUT2D eigenvalue weighted by Crippen LogP contribution is 2.25. The molecule has 1 amide bonds. The minimum atomic E-state index is -4.88. The van der Waals surface area contributed by atoms with Gasteiger partial charge in [-0.15, -0.1) is 0 Å². The van der Waals surface area contributed by atoms with Gasteiger partial charge in [-0.25, -0.2) is 13.4 Å². The van der Waals surface area contributed by atoms with Crippen molar-refractivity contribution in [2.24, 2.45) is 0 Å². The van der Waals surface area contributed by atoms with Gasteiger partial charge in [-0.3, -0.25) is 4.79 Å². The van der Waals surface area contributed by atoms with Crippen LogP contribution in [0.1, 0.15) is 22.6 Å².